The smallest absolute Gasteiger partial charge is 0.326 e. The van der Waals surface area contributed by atoms with Crippen molar-refractivity contribution in [2.45, 2.75) is 211 Å². The number of phenols is 1. The maximum Gasteiger partial charge on any atom is 0.326 e. The Morgan fingerprint density at radius 2 is 0.936 bits per heavy atom. The number of phenolic OH excluding ortho intramolecular Hbond substituents is 1. The third-order valence-corrected chi connectivity index (χ3v) is 18.0. The number of aliphatic hydroxyl groups excluding tert-OH is 1. The zero-order chi connectivity index (χ0) is 82.7. The van der Waals surface area contributed by atoms with Crippen molar-refractivity contribution in [2.75, 3.05) is 44.8 Å². The molecule has 0 saturated carbocycles. The molecule has 12 amide bonds. The van der Waals surface area contributed by atoms with Gasteiger partial charge in [-0.1, -0.05) is 90.4 Å². The molecular formula is C71H116N20O18S. The summed E-state index contributed by atoms with van der Waals surface area (Å²) in [6, 6.07) is -2.92. The highest BCUT2D eigenvalue weighted by molar-refractivity contribution is 7.98. The molecule has 2 aromatic carbocycles. The van der Waals surface area contributed by atoms with Crippen molar-refractivity contribution in [3.05, 3.63) is 65.7 Å². The van der Waals surface area contributed by atoms with Crippen LogP contribution in [0.5, 0.6) is 5.75 Å². The fourth-order valence-electron chi connectivity index (χ4n) is 10.9. The molecule has 39 heteroatoms. The number of nitrogens with one attached hydrogen (secondary N) is 16. The van der Waals surface area contributed by atoms with E-state index in [1.165, 1.54) is 43.0 Å². The number of aliphatic carboxylic acids is 2. The summed E-state index contributed by atoms with van der Waals surface area (Å²) in [4.78, 5) is 192. The van der Waals surface area contributed by atoms with Gasteiger partial charge in [-0.05, 0) is 131 Å². The molecule has 38 nitrogen and oxygen atoms in total. The van der Waals surface area contributed by atoms with E-state index in [2.05, 4.69) is 74.4 Å². The molecule has 0 unspecified atom stereocenters. The number of aromatic hydroxyl groups is 1. The van der Waals surface area contributed by atoms with Crippen LogP contribution in [-0.2, 0) is 80.0 Å². The van der Waals surface area contributed by atoms with Gasteiger partial charge in [-0.25, -0.2) is 4.79 Å². The molecule has 0 aliphatic carbocycles. The van der Waals surface area contributed by atoms with Gasteiger partial charge in [-0.2, -0.15) is 11.8 Å². The maximum atomic E-state index is 14.7. The third kappa shape index (κ3) is 37.1. The predicted molar refractivity (Wildman–Crippen MR) is 409 cm³/mol. The zero-order valence-electron chi connectivity index (χ0n) is 63.7. The lowest BCUT2D eigenvalue weighted by Crippen LogP contribution is -2.62. The number of nitrogens with two attached hydrogens (primary N) is 4. The van der Waals surface area contributed by atoms with Gasteiger partial charge in [0, 0.05) is 32.4 Å². The van der Waals surface area contributed by atoms with Gasteiger partial charge in [0.25, 0.3) is 0 Å². The van der Waals surface area contributed by atoms with E-state index < -0.39 is 205 Å². The van der Waals surface area contributed by atoms with Gasteiger partial charge in [0.15, 0.2) is 11.9 Å². The number of carboxylic acids is 2. The number of unbranched alkanes of at least 4 members (excludes halogenated alkanes) is 1. The minimum absolute atomic E-state index is 0.0210. The summed E-state index contributed by atoms with van der Waals surface area (Å²) in [7, 11) is 0. The minimum Gasteiger partial charge on any atom is -0.508 e. The average Bonchev–Trinajstić information content (AvgIpc) is 0.852. The number of rotatable bonds is 53. The Bertz CT molecular complexity index is 3380. The molecule has 0 radical (unpaired) electrons. The van der Waals surface area contributed by atoms with Crippen molar-refractivity contribution in [3.8, 4) is 5.75 Å². The first-order chi connectivity index (χ1) is 51.9. The fourth-order valence-corrected chi connectivity index (χ4v) is 11.4. The van der Waals surface area contributed by atoms with Crippen LogP contribution in [0.25, 0.3) is 0 Å². The number of benzene rings is 2. The lowest BCUT2D eigenvalue weighted by Gasteiger charge is -2.31. The van der Waals surface area contributed by atoms with Crippen LogP contribution in [0, 0.1) is 28.6 Å². The number of amides is 12. The Morgan fingerprint density at radius 1 is 0.482 bits per heavy atom. The van der Waals surface area contributed by atoms with Crippen molar-refractivity contribution in [3.63, 3.8) is 0 Å². The van der Waals surface area contributed by atoms with Gasteiger partial charge < -0.3 is 118 Å². The third-order valence-electron chi connectivity index (χ3n) is 17.4. The van der Waals surface area contributed by atoms with Gasteiger partial charge in [0.2, 0.25) is 70.9 Å². The van der Waals surface area contributed by atoms with Crippen LogP contribution in [0.3, 0.4) is 0 Å². The molecule has 13 atom stereocenters. The van der Waals surface area contributed by atoms with E-state index in [0.717, 1.165) is 0 Å². The van der Waals surface area contributed by atoms with E-state index in [9.17, 15) is 87.5 Å². The molecule has 0 heterocycles. The zero-order valence-corrected chi connectivity index (χ0v) is 64.5. The number of carboxylic acid groups (broad SMARTS) is 2. The van der Waals surface area contributed by atoms with Crippen molar-refractivity contribution in [1.29, 1.82) is 10.8 Å². The predicted octanol–water partition coefficient (Wildman–Crippen LogP) is -3.93. The molecule has 0 spiro atoms. The number of hydrogen-bond donors (Lipinski definition) is 24. The number of carbonyl (C=O) groups is 14. The van der Waals surface area contributed by atoms with Gasteiger partial charge in [0.05, 0.1) is 19.2 Å². The topological polar surface area (TPSA) is 640 Å². The minimum atomic E-state index is -1.73. The molecule has 2 aromatic rings. The molecule has 110 heavy (non-hydrogen) atoms. The Hall–Kier alpha value is -10.4. The summed E-state index contributed by atoms with van der Waals surface area (Å²) in [6.45, 7) is 9.68. The van der Waals surface area contributed by atoms with Crippen molar-refractivity contribution in [2.24, 2.45) is 40.7 Å². The molecule has 614 valence electrons. The quantitative estimate of drug-likeness (QED) is 0.0171. The summed E-state index contributed by atoms with van der Waals surface area (Å²) in [5.41, 5.74) is 24.0. The van der Waals surface area contributed by atoms with E-state index in [1.807, 2.05) is 6.26 Å². The molecule has 0 aliphatic rings. The Labute approximate surface area is 644 Å². The van der Waals surface area contributed by atoms with Crippen molar-refractivity contribution in [1.82, 2.24) is 74.4 Å². The molecule has 0 bridgehead atoms. The first kappa shape index (κ1) is 95.7. The highest BCUT2D eigenvalue weighted by Gasteiger charge is 2.38. The molecule has 0 aromatic heterocycles. The van der Waals surface area contributed by atoms with E-state index in [1.54, 1.807) is 71.9 Å². The second-order valence-electron chi connectivity index (χ2n) is 27.4. The van der Waals surface area contributed by atoms with Crippen LogP contribution in [-0.4, -0.2) is 232 Å². The highest BCUT2D eigenvalue weighted by atomic mass is 32.2. The number of aliphatic hydroxyl groups is 1. The fraction of sp³-hybridized carbons (Fsp3) is 0.606. The van der Waals surface area contributed by atoms with E-state index in [0.29, 0.717) is 29.7 Å². The molecule has 28 N–H and O–H groups in total. The largest absolute Gasteiger partial charge is 0.508 e. The van der Waals surface area contributed by atoms with Crippen molar-refractivity contribution < 1.29 is 87.5 Å². The highest BCUT2D eigenvalue weighted by Crippen LogP contribution is 2.16. The molecule has 0 saturated heterocycles. The number of thioether (sulfide) groups is 1. The number of carbonyl (C=O) groups excluding carboxylic acids is 12. The van der Waals surface area contributed by atoms with Crippen LogP contribution < -0.4 is 97.4 Å². The Balaban J connectivity index is 2.42. The Morgan fingerprint density at radius 3 is 1.44 bits per heavy atom. The monoisotopic (exact) mass is 1570 g/mol. The lowest BCUT2D eigenvalue weighted by molar-refractivity contribution is -0.143. The average molecular weight is 1570 g/mol. The SMILES string of the molecule is CC[C@H](C)[C@H](NC(=O)[C@@H](NC(=O)[C@H](CCCNC(=N)N)NC(=O)[C@H](CO)NC(=O)CNC(=O)[C@H](Cc1ccc(O)cc1)NC(=O)[C@@H](N)CCSC)C(C)C)C(=O)N[C@@H](CCCNC(=N)N)C(=O)N[C@@H](CCCCN)C(=O)N[C@@H](C)C(=O)N[C@@H](CC(C)C)C(=O)N[C@@H](CCC(=O)O)C(=O)N[C@@H](Cc1ccccc1)C(=O)O. The molecule has 2 rings (SSSR count). The summed E-state index contributed by atoms with van der Waals surface area (Å²) in [5, 5.41) is 90.5. The van der Waals surface area contributed by atoms with Crippen LogP contribution in [0.1, 0.15) is 137 Å². The second-order valence-corrected chi connectivity index (χ2v) is 28.4. The summed E-state index contributed by atoms with van der Waals surface area (Å²) < 4.78 is 0. The normalized spacial score (nSPS) is 14.6. The van der Waals surface area contributed by atoms with Crippen LogP contribution in [0.15, 0.2) is 54.6 Å². The number of hydrogen-bond acceptors (Lipinski definition) is 21. The number of guanidine groups is 2. The van der Waals surface area contributed by atoms with Crippen LogP contribution in [0.4, 0.5) is 0 Å². The maximum absolute atomic E-state index is 14.7. The van der Waals surface area contributed by atoms with Gasteiger partial charge in [0.1, 0.15) is 72.2 Å². The Kier molecular flexibility index (Phi) is 44.4. The van der Waals surface area contributed by atoms with Crippen molar-refractivity contribution >= 4 is 107 Å². The van der Waals surface area contributed by atoms with E-state index in [-0.39, 0.29) is 95.5 Å². The van der Waals surface area contributed by atoms with Gasteiger partial charge in [-0.15, -0.1) is 0 Å². The van der Waals surface area contributed by atoms with Crippen LogP contribution >= 0.6 is 11.8 Å². The first-order valence-corrected chi connectivity index (χ1v) is 37.9. The van der Waals surface area contributed by atoms with E-state index in [4.69, 9.17) is 33.8 Å². The molecule has 0 aliphatic heterocycles. The summed E-state index contributed by atoms with van der Waals surface area (Å²) in [5.74, 6) is -15.6. The second kappa shape index (κ2) is 51.1. The lowest BCUT2D eigenvalue weighted by atomic mass is 9.95. The summed E-state index contributed by atoms with van der Waals surface area (Å²) >= 11 is 1.46. The van der Waals surface area contributed by atoms with E-state index >= 15 is 0 Å². The van der Waals surface area contributed by atoms with Gasteiger partial charge >= 0.3 is 11.9 Å². The standard InChI is InChI=1S/C71H116N20O18S/c1-9-40(6)57(91-67(106)56(39(4)5)90-64(103)48(21-16-31-79-71(76)77)84-66(105)53(37-92)82-54(94)36-80-60(99)51(34-43-22-24-44(93)25-23-43)88-59(98)45(73)28-32-110-8)68(107)86-47(20-15-30-78-70(74)75)62(101)83-46(19-13-14-29-72)61(100)81-41(7)58(97)87-50(33-38(2)3)65(104)85-49(26-27-55(95)96)63(102)89-52(69(108)109)35-42-17-11-10-12-18-42/h10-12,17-18,22-25,38-41,45-53,56-57,92-93H,9,13-16,19-21,26-37,72-73H2,1-8H3,(H,80,99)(H,81,100)(H,82,94)(H,83,101)(H,84,105)(H,85,104)(H,86,107)(H,87,97)(H,88,98)(H,89,102)(H,90,103)(H,91,106)(H,95,96)(H,108,109)(H4,74,75,78)(H4,76,77,79)/t40-,41-,45-,46-,47-,48-,49-,50-,51-,52-,53-,56-,57-/m0/s1. The first-order valence-electron chi connectivity index (χ1n) is 36.5. The molecular weight excluding hydrogens is 1450 g/mol. The van der Waals surface area contributed by atoms with Gasteiger partial charge in [-0.3, -0.25) is 73.1 Å². The molecule has 0 fully saturated rings. The summed E-state index contributed by atoms with van der Waals surface area (Å²) in [6.07, 6.45) is 1.44. The van der Waals surface area contributed by atoms with Crippen LogP contribution in [0.2, 0.25) is 0 Å².